The second kappa shape index (κ2) is 7.83. The standard InChI is InChI=1S/C23H26N6O3/c1-12-5-14(3)32-21-16(12)6-15-7-18(21)27-19-8-20(24-4)29-22(28-19)17(9-25-29)23(30)26-13(2)10-31-11-15/h5-9,12-13,24H,10-11H2,1-4H3,(H,26,30)(H,27,28). The average molecular weight is 435 g/mol. The van der Waals surface area contributed by atoms with Crippen LogP contribution in [0.25, 0.3) is 5.65 Å². The number of carbonyl (C=O) groups excluding carboxylic acids is 1. The lowest BCUT2D eigenvalue weighted by Gasteiger charge is -2.25. The monoisotopic (exact) mass is 434 g/mol. The van der Waals surface area contributed by atoms with Crippen LogP contribution in [0, 0.1) is 0 Å². The van der Waals surface area contributed by atoms with Crippen LogP contribution in [0.4, 0.5) is 17.3 Å². The van der Waals surface area contributed by atoms with Gasteiger partial charge in [0.05, 0.1) is 30.9 Å². The number of allylic oxidation sites excluding steroid dienone is 2. The smallest absolute Gasteiger partial charge is 0.257 e. The quantitative estimate of drug-likeness (QED) is 0.538. The summed E-state index contributed by atoms with van der Waals surface area (Å²) in [5, 5.41) is 13.9. The molecule has 1 aromatic carbocycles. The van der Waals surface area contributed by atoms with Gasteiger partial charge in [0.25, 0.3) is 5.91 Å². The third-order valence-corrected chi connectivity index (χ3v) is 5.67. The third-order valence-electron chi connectivity index (χ3n) is 5.67. The highest BCUT2D eigenvalue weighted by Gasteiger charge is 2.24. The molecule has 0 aliphatic carbocycles. The Morgan fingerprint density at radius 2 is 2.09 bits per heavy atom. The van der Waals surface area contributed by atoms with Crippen molar-refractivity contribution in [3.8, 4) is 5.75 Å². The van der Waals surface area contributed by atoms with Gasteiger partial charge in [-0.15, -0.1) is 0 Å². The average Bonchev–Trinajstić information content (AvgIpc) is 3.17. The zero-order valence-corrected chi connectivity index (χ0v) is 18.5. The largest absolute Gasteiger partial charge is 0.460 e. The normalized spacial score (nSPS) is 20.5. The van der Waals surface area contributed by atoms with Crippen molar-refractivity contribution < 1.29 is 14.3 Å². The summed E-state index contributed by atoms with van der Waals surface area (Å²) in [4.78, 5) is 17.6. The van der Waals surface area contributed by atoms with E-state index >= 15 is 0 Å². The van der Waals surface area contributed by atoms with E-state index in [-0.39, 0.29) is 17.9 Å². The van der Waals surface area contributed by atoms with Crippen molar-refractivity contribution in [3.63, 3.8) is 0 Å². The number of nitrogens with zero attached hydrogens (tertiary/aromatic N) is 3. The van der Waals surface area contributed by atoms with E-state index in [1.54, 1.807) is 11.6 Å². The second-order valence-electron chi connectivity index (χ2n) is 8.31. The Labute approximate surface area is 185 Å². The zero-order chi connectivity index (χ0) is 22.4. The first-order chi connectivity index (χ1) is 15.4. The molecule has 4 bridgehead atoms. The number of carbonyl (C=O) groups is 1. The predicted molar refractivity (Wildman–Crippen MR) is 122 cm³/mol. The van der Waals surface area contributed by atoms with Crippen molar-refractivity contribution in [2.45, 2.75) is 39.3 Å². The maximum absolute atomic E-state index is 12.9. The number of hydrogen-bond donors (Lipinski definition) is 3. The molecule has 2 aromatic heterocycles. The van der Waals surface area contributed by atoms with Gasteiger partial charge in [-0.25, -0.2) is 4.98 Å². The van der Waals surface area contributed by atoms with E-state index in [1.807, 2.05) is 26.0 Å². The van der Waals surface area contributed by atoms with Crippen LogP contribution in [0.1, 0.15) is 48.2 Å². The summed E-state index contributed by atoms with van der Waals surface area (Å²) >= 11 is 0. The van der Waals surface area contributed by atoms with Crippen molar-refractivity contribution in [3.05, 3.63) is 52.9 Å². The molecule has 0 radical (unpaired) electrons. The van der Waals surface area contributed by atoms with Crippen molar-refractivity contribution in [1.29, 1.82) is 0 Å². The van der Waals surface area contributed by atoms with Gasteiger partial charge in [0.1, 0.15) is 17.2 Å². The van der Waals surface area contributed by atoms with Gasteiger partial charge in [0, 0.05) is 30.6 Å². The van der Waals surface area contributed by atoms with Crippen LogP contribution in [-0.4, -0.2) is 40.2 Å². The number of rotatable bonds is 1. The van der Waals surface area contributed by atoms with Crippen molar-refractivity contribution in [2.75, 3.05) is 24.3 Å². The Morgan fingerprint density at radius 1 is 1.25 bits per heavy atom. The molecule has 32 heavy (non-hydrogen) atoms. The number of hydrogen-bond acceptors (Lipinski definition) is 7. The van der Waals surface area contributed by atoms with Gasteiger partial charge in [-0.2, -0.15) is 9.61 Å². The Morgan fingerprint density at radius 3 is 2.91 bits per heavy atom. The Hall–Kier alpha value is -3.59. The highest BCUT2D eigenvalue weighted by atomic mass is 16.5. The fourth-order valence-electron chi connectivity index (χ4n) is 4.18. The summed E-state index contributed by atoms with van der Waals surface area (Å²) in [5.74, 6) is 2.88. The molecule has 9 heteroatoms. The zero-order valence-electron chi connectivity index (χ0n) is 18.5. The van der Waals surface area contributed by atoms with Gasteiger partial charge in [0.2, 0.25) is 0 Å². The molecule has 0 saturated carbocycles. The lowest BCUT2D eigenvalue weighted by molar-refractivity contribution is 0.0821. The van der Waals surface area contributed by atoms with E-state index in [4.69, 9.17) is 14.5 Å². The van der Waals surface area contributed by atoms with Crippen LogP contribution < -0.4 is 20.7 Å². The summed E-state index contributed by atoms with van der Waals surface area (Å²) in [6, 6.07) is 5.83. The SMILES string of the molecule is CNc1cc2nc3c(cnn13)C(=O)NC(C)COCc1cc(c3c(c1)C(C)C=C(C)O3)N2. The van der Waals surface area contributed by atoms with Gasteiger partial charge in [-0.05, 0) is 37.6 Å². The van der Waals surface area contributed by atoms with E-state index in [2.05, 4.69) is 40.1 Å². The van der Waals surface area contributed by atoms with Crippen LogP contribution in [0.3, 0.4) is 0 Å². The van der Waals surface area contributed by atoms with Crippen molar-refractivity contribution in [1.82, 2.24) is 19.9 Å². The van der Waals surface area contributed by atoms with Gasteiger partial charge < -0.3 is 25.4 Å². The number of amides is 1. The first-order valence-electron chi connectivity index (χ1n) is 10.7. The van der Waals surface area contributed by atoms with Crippen molar-refractivity contribution in [2.24, 2.45) is 0 Å². The molecular formula is C23H26N6O3. The predicted octanol–water partition coefficient (Wildman–Crippen LogP) is 3.56. The molecule has 2 aliphatic rings. The summed E-state index contributed by atoms with van der Waals surface area (Å²) in [5.41, 5.74) is 3.76. The molecule has 2 atom stereocenters. The van der Waals surface area contributed by atoms with Crippen LogP contribution in [0.2, 0.25) is 0 Å². The summed E-state index contributed by atoms with van der Waals surface area (Å²) in [6.45, 7) is 6.82. The fourth-order valence-corrected chi connectivity index (χ4v) is 4.18. The minimum Gasteiger partial charge on any atom is -0.460 e. The minimum absolute atomic E-state index is 0.171. The lowest BCUT2D eigenvalue weighted by Crippen LogP contribution is -2.35. The molecule has 1 amide bonds. The molecule has 2 aliphatic heterocycles. The van der Waals surface area contributed by atoms with Gasteiger partial charge in [-0.3, -0.25) is 4.79 Å². The molecule has 3 N–H and O–H groups in total. The van der Waals surface area contributed by atoms with Crippen LogP contribution in [0.5, 0.6) is 5.75 Å². The molecule has 0 saturated heterocycles. The molecule has 3 aromatic rings. The number of fused-ring (bicyclic) bond motifs is 5. The number of anilines is 3. The van der Waals surface area contributed by atoms with Crippen LogP contribution >= 0.6 is 0 Å². The topological polar surface area (TPSA) is 102 Å². The van der Waals surface area contributed by atoms with E-state index in [0.717, 1.165) is 28.3 Å². The summed E-state index contributed by atoms with van der Waals surface area (Å²) in [6.07, 6.45) is 3.64. The number of nitrogens with one attached hydrogen (secondary N) is 3. The van der Waals surface area contributed by atoms with E-state index in [1.165, 1.54) is 6.20 Å². The molecule has 0 fully saturated rings. The summed E-state index contributed by atoms with van der Waals surface area (Å²) in [7, 11) is 1.80. The fraction of sp³-hybridized carbons (Fsp3) is 0.348. The highest BCUT2D eigenvalue weighted by Crippen LogP contribution is 2.42. The van der Waals surface area contributed by atoms with E-state index in [9.17, 15) is 4.79 Å². The van der Waals surface area contributed by atoms with Crippen molar-refractivity contribution >= 4 is 28.9 Å². The first kappa shape index (κ1) is 20.3. The number of ether oxygens (including phenoxy) is 2. The molecule has 4 heterocycles. The van der Waals surface area contributed by atoms with Crippen LogP contribution in [-0.2, 0) is 11.3 Å². The van der Waals surface area contributed by atoms with Gasteiger partial charge in [0.15, 0.2) is 11.4 Å². The second-order valence-corrected chi connectivity index (χ2v) is 8.31. The van der Waals surface area contributed by atoms with E-state index < -0.39 is 0 Å². The third kappa shape index (κ3) is 3.54. The maximum Gasteiger partial charge on any atom is 0.257 e. The Kier molecular flexibility index (Phi) is 4.97. The van der Waals surface area contributed by atoms with E-state index in [0.29, 0.717) is 36.1 Å². The molecule has 0 spiro atoms. The molecular weight excluding hydrogens is 408 g/mol. The first-order valence-corrected chi connectivity index (χ1v) is 10.7. The molecule has 5 rings (SSSR count). The Bertz CT molecular complexity index is 1250. The number of aromatic nitrogens is 3. The molecule has 9 nitrogen and oxygen atoms in total. The van der Waals surface area contributed by atoms with Gasteiger partial charge in [-0.1, -0.05) is 6.92 Å². The number of benzene rings is 1. The highest BCUT2D eigenvalue weighted by molar-refractivity contribution is 6.00. The molecule has 2 unspecified atom stereocenters. The summed E-state index contributed by atoms with van der Waals surface area (Å²) < 4.78 is 13.7. The maximum atomic E-state index is 12.9. The Balaban J connectivity index is 1.69. The molecule has 166 valence electrons. The minimum atomic E-state index is -0.242. The van der Waals surface area contributed by atoms with Gasteiger partial charge >= 0.3 is 0 Å². The lowest BCUT2D eigenvalue weighted by atomic mass is 9.94. The van der Waals surface area contributed by atoms with Crippen LogP contribution in [0.15, 0.2) is 36.2 Å².